The second kappa shape index (κ2) is 5.19. The summed E-state index contributed by atoms with van der Waals surface area (Å²) in [7, 11) is 0. The van der Waals surface area contributed by atoms with E-state index in [0.29, 0.717) is 19.0 Å². The van der Waals surface area contributed by atoms with E-state index >= 15 is 0 Å². The number of nitrogens with zero attached hydrogens (tertiary/aromatic N) is 3. The van der Waals surface area contributed by atoms with Crippen molar-refractivity contribution in [2.24, 2.45) is 5.92 Å². The molecule has 1 unspecified atom stereocenters. The van der Waals surface area contributed by atoms with Gasteiger partial charge < -0.3 is 14.7 Å². The number of aromatic nitrogens is 2. The summed E-state index contributed by atoms with van der Waals surface area (Å²) in [5.41, 5.74) is 0. The molecule has 0 spiro atoms. The van der Waals surface area contributed by atoms with E-state index in [1.165, 1.54) is 12.8 Å². The molecule has 2 aliphatic heterocycles. The summed E-state index contributed by atoms with van der Waals surface area (Å²) in [6.45, 7) is 4.88. The van der Waals surface area contributed by atoms with Gasteiger partial charge in [0, 0.05) is 32.0 Å². The fourth-order valence-corrected chi connectivity index (χ4v) is 2.67. The third-order valence-corrected chi connectivity index (χ3v) is 4.12. The lowest BCUT2D eigenvalue weighted by Crippen LogP contribution is -2.34. The van der Waals surface area contributed by atoms with Gasteiger partial charge in [0.05, 0.1) is 0 Å². The van der Waals surface area contributed by atoms with Crippen LogP contribution in [-0.2, 0) is 4.79 Å². The third-order valence-electron chi connectivity index (χ3n) is 4.12. The molecule has 2 fully saturated rings. The first-order chi connectivity index (χ1) is 9.22. The van der Waals surface area contributed by atoms with Crippen LogP contribution in [0.15, 0.2) is 4.52 Å². The quantitative estimate of drug-likeness (QED) is 0.871. The summed E-state index contributed by atoms with van der Waals surface area (Å²) in [4.78, 5) is 17.8. The lowest BCUT2D eigenvalue weighted by molar-refractivity contribution is -0.122. The van der Waals surface area contributed by atoms with Gasteiger partial charge >= 0.3 is 6.01 Å². The van der Waals surface area contributed by atoms with Crippen molar-refractivity contribution in [1.82, 2.24) is 15.5 Å². The van der Waals surface area contributed by atoms with Gasteiger partial charge in [-0.15, -0.1) is 0 Å². The molecule has 19 heavy (non-hydrogen) atoms. The number of piperidine rings is 2. The largest absolute Gasteiger partial charge is 0.355 e. The van der Waals surface area contributed by atoms with E-state index in [9.17, 15) is 4.79 Å². The molecular formula is C13H20N4O2. The van der Waals surface area contributed by atoms with E-state index in [-0.39, 0.29) is 11.8 Å². The van der Waals surface area contributed by atoms with Crippen molar-refractivity contribution in [3.05, 3.63) is 5.82 Å². The highest BCUT2D eigenvalue weighted by Crippen LogP contribution is 2.25. The first-order valence-electron chi connectivity index (χ1n) is 7.07. The van der Waals surface area contributed by atoms with Gasteiger partial charge in [0.1, 0.15) is 0 Å². The average Bonchev–Trinajstić information content (AvgIpc) is 2.90. The SMILES string of the molecule is CC1CCN(c2nc(C3CCC(=O)NC3)no2)CC1. The summed E-state index contributed by atoms with van der Waals surface area (Å²) >= 11 is 0. The summed E-state index contributed by atoms with van der Waals surface area (Å²) in [5, 5.41) is 6.93. The van der Waals surface area contributed by atoms with Crippen molar-refractivity contribution in [2.45, 2.75) is 38.5 Å². The fraction of sp³-hybridized carbons (Fsp3) is 0.769. The van der Waals surface area contributed by atoms with Gasteiger partial charge in [-0.2, -0.15) is 4.98 Å². The van der Waals surface area contributed by atoms with Gasteiger partial charge in [-0.25, -0.2) is 0 Å². The first kappa shape index (κ1) is 12.4. The highest BCUT2D eigenvalue weighted by molar-refractivity contribution is 5.76. The minimum Gasteiger partial charge on any atom is -0.355 e. The molecule has 2 aliphatic rings. The molecule has 1 N–H and O–H groups in total. The van der Waals surface area contributed by atoms with Crippen molar-refractivity contribution >= 4 is 11.9 Å². The molecule has 0 saturated carbocycles. The third kappa shape index (κ3) is 2.72. The Hall–Kier alpha value is -1.59. The number of hydrogen-bond donors (Lipinski definition) is 1. The van der Waals surface area contributed by atoms with Crippen LogP contribution in [0.5, 0.6) is 0 Å². The molecule has 1 aromatic rings. The van der Waals surface area contributed by atoms with Crippen LogP contribution in [0.4, 0.5) is 6.01 Å². The Kier molecular flexibility index (Phi) is 3.40. The van der Waals surface area contributed by atoms with E-state index in [4.69, 9.17) is 4.52 Å². The highest BCUT2D eigenvalue weighted by Gasteiger charge is 2.26. The second-order valence-electron chi connectivity index (χ2n) is 5.64. The van der Waals surface area contributed by atoms with Crippen LogP contribution in [0.25, 0.3) is 0 Å². The molecular weight excluding hydrogens is 244 g/mol. The molecule has 2 saturated heterocycles. The fourth-order valence-electron chi connectivity index (χ4n) is 2.67. The van der Waals surface area contributed by atoms with E-state index in [1.807, 2.05) is 0 Å². The van der Waals surface area contributed by atoms with Crippen molar-refractivity contribution in [3.8, 4) is 0 Å². The monoisotopic (exact) mass is 264 g/mol. The zero-order valence-corrected chi connectivity index (χ0v) is 11.3. The van der Waals surface area contributed by atoms with E-state index < -0.39 is 0 Å². The van der Waals surface area contributed by atoms with Crippen LogP contribution in [-0.4, -0.2) is 35.7 Å². The molecule has 1 aromatic heterocycles. The number of anilines is 1. The van der Waals surface area contributed by atoms with Crippen molar-refractivity contribution < 1.29 is 9.32 Å². The molecule has 6 nitrogen and oxygen atoms in total. The van der Waals surface area contributed by atoms with Crippen molar-refractivity contribution in [1.29, 1.82) is 0 Å². The molecule has 1 atom stereocenters. The number of carbonyl (C=O) groups excluding carboxylic acids is 1. The number of carbonyl (C=O) groups is 1. The minimum absolute atomic E-state index is 0.116. The van der Waals surface area contributed by atoms with Crippen LogP contribution in [0.3, 0.4) is 0 Å². The maximum absolute atomic E-state index is 11.1. The lowest BCUT2D eigenvalue weighted by Gasteiger charge is -2.28. The van der Waals surface area contributed by atoms with Crippen LogP contribution in [0.1, 0.15) is 44.3 Å². The normalized spacial score (nSPS) is 25.4. The summed E-state index contributed by atoms with van der Waals surface area (Å²) in [6.07, 6.45) is 3.71. The number of hydrogen-bond acceptors (Lipinski definition) is 5. The van der Waals surface area contributed by atoms with E-state index in [2.05, 4.69) is 27.3 Å². The molecule has 0 aliphatic carbocycles. The Bertz CT molecular complexity index is 441. The van der Waals surface area contributed by atoms with Gasteiger partial charge in [-0.05, 0) is 25.2 Å². The number of amides is 1. The standard InChI is InChI=1S/C13H20N4O2/c1-9-4-6-17(7-5-9)13-15-12(16-19-13)10-2-3-11(18)14-8-10/h9-10H,2-8H2,1H3,(H,14,18). The van der Waals surface area contributed by atoms with Crippen LogP contribution < -0.4 is 10.2 Å². The van der Waals surface area contributed by atoms with Crippen LogP contribution in [0, 0.1) is 5.92 Å². The number of rotatable bonds is 2. The molecule has 0 radical (unpaired) electrons. The summed E-state index contributed by atoms with van der Waals surface area (Å²) < 4.78 is 5.37. The summed E-state index contributed by atoms with van der Waals surface area (Å²) in [6, 6.07) is 0.638. The Morgan fingerprint density at radius 3 is 2.79 bits per heavy atom. The van der Waals surface area contributed by atoms with Crippen LogP contribution >= 0.6 is 0 Å². The smallest absolute Gasteiger partial charge is 0.324 e. The maximum atomic E-state index is 11.1. The molecule has 104 valence electrons. The zero-order valence-electron chi connectivity index (χ0n) is 11.3. The van der Waals surface area contributed by atoms with Gasteiger partial charge in [-0.3, -0.25) is 4.79 Å². The summed E-state index contributed by atoms with van der Waals surface area (Å²) in [5.74, 6) is 1.82. The highest BCUT2D eigenvalue weighted by atomic mass is 16.5. The number of nitrogens with one attached hydrogen (secondary N) is 1. The second-order valence-corrected chi connectivity index (χ2v) is 5.64. The van der Waals surface area contributed by atoms with Crippen molar-refractivity contribution in [3.63, 3.8) is 0 Å². The molecule has 0 aromatic carbocycles. The van der Waals surface area contributed by atoms with Gasteiger partial charge in [-0.1, -0.05) is 12.1 Å². The predicted octanol–water partition coefficient (Wildman–Crippen LogP) is 1.30. The van der Waals surface area contributed by atoms with Gasteiger partial charge in [0.25, 0.3) is 0 Å². The molecule has 0 bridgehead atoms. The van der Waals surface area contributed by atoms with E-state index in [0.717, 1.165) is 31.3 Å². The Labute approximate surface area is 112 Å². The Morgan fingerprint density at radius 1 is 1.32 bits per heavy atom. The van der Waals surface area contributed by atoms with E-state index in [1.54, 1.807) is 0 Å². The van der Waals surface area contributed by atoms with Crippen LogP contribution in [0.2, 0.25) is 0 Å². The average molecular weight is 264 g/mol. The minimum atomic E-state index is 0.116. The molecule has 6 heteroatoms. The maximum Gasteiger partial charge on any atom is 0.324 e. The Morgan fingerprint density at radius 2 is 2.11 bits per heavy atom. The van der Waals surface area contributed by atoms with Gasteiger partial charge in [0.15, 0.2) is 5.82 Å². The zero-order chi connectivity index (χ0) is 13.2. The van der Waals surface area contributed by atoms with Gasteiger partial charge in [0.2, 0.25) is 5.91 Å². The molecule has 3 rings (SSSR count). The molecule has 1 amide bonds. The first-order valence-corrected chi connectivity index (χ1v) is 7.07. The topological polar surface area (TPSA) is 71.3 Å². The Balaban J connectivity index is 1.64. The van der Waals surface area contributed by atoms with Crippen molar-refractivity contribution in [2.75, 3.05) is 24.5 Å². The lowest BCUT2D eigenvalue weighted by atomic mass is 9.98. The predicted molar refractivity (Wildman–Crippen MR) is 69.9 cm³/mol. The molecule has 3 heterocycles.